The van der Waals surface area contributed by atoms with Gasteiger partial charge in [0, 0.05) is 0 Å². The number of hydrogen-bond acceptors (Lipinski definition) is 0. The van der Waals surface area contributed by atoms with Crippen molar-refractivity contribution in [3.8, 4) is 0 Å². The molecule has 0 spiro atoms. The van der Waals surface area contributed by atoms with E-state index >= 15 is 0 Å². The maximum atomic E-state index is 3.84. The fourth-order valence-corrected chi connectivity index (χ4v) is 1.49. The normalized spacial score (nSPS) is 9.69. The Labute approximate surface area is 95.3 Å². The summed E-state index contributed by atoms with van der Waals surface area (Å²) in [5, 5.41) is 0. The average molecular weight is 225 g/mol. The zero-order chi connectivity index (χ0) is 9.07. The molecular formula is C12H25Fe+. The molecule has 0 radical (unpaired) electrons. The van der Waals surface area contributed by atoms with Crippen LogP contribution in [-0.2, 0) is 17.1 Å². The molecule has 0 N–H and O–H groups in total. The number of hydrogen-bond donors (Lipinski definition) is 0. The molecule has 0 bridgehead atoms. The first kappa shape index (κ1) is 16.0. The number of unbranched alkanes of at least 4 members (excludes halogenated alkanes) is 9. The summed E-state index contributed by atoms with van der Waals surface area (Å²) in [5.41, 5.74) is 0. The standard InChI is InChI=1S/C12H25.Fe/c1-3-5-7-9-11-12-10-8-6-4-2;/h1,3-12H2,2H3;/q-1;+2. The van der Waals surface area contributed by atoms with Crippen LogP contribution in [-0.4, -0.2) is 0 Å². The van der Waals surface area contributed by atoms with Gasteiger partial charge in [-0.15, -0.1) is 0 Å². The SMILES string of the molecule is [CH2-]CCCCCCCCCCC.[Fe+2]. The molecule has 0 saturated carbocycles. The Morgan fingerprint density at radius 1 is 0.692 bits per heavy atom. The van der Waals surface area contributed by atoms with Crippen LogP contribution in [0.3, 0.4) is 0 Å². The summed E-state index contributed by atoms with van der Waals surface area (Å²) in [4.78, 5) is 0. The second-order valence-corrected chi connectivity index (χ2v) is 3.68. The predicted molar refractivity (Wildman–Crippen MR) is 57.2 cm³/mol. The Hall–Kier alpha value is 0.519. The van der Waals surface area contributed by atoms with Crippen molar-refractivity contribution in [2.45, 2.75) is 71.1 Å². The molecule has 0 aliphatic rings. The molecule has 0 aliphatic carbocycles. The Bertz CT molecular complexity index is 61.5. The summed E-state index contributed by atoms with van der Waals surface area (Å²) in [6.07, 6.45) is 13.9. The van der Waals surface area contributed by atoms with Crippen molar-refractivity contribution in [3.63, 3.8) is 0 Å². The second-order valence-electron chi connectivity index (χ2n) is 3.68. The zero-order valence-electron chi connectivity index (χ0n) is 9.13. The monoisotopic (exact) mass is 225 g/mol. The first-order valence-corrected chi connectivity index (χ1v) is 5.71. The van der Waals surface area contributed by atoms with Gasteiger partial charge in [-0.25, -0.2) is 0 Å². The molecule has 0 fully saturated rings. The van der Waals surface area contributed by atoms with Gasteiger partial charge in [-0.2, -0.15) is 6.42 Å². The summed E-state index contributed by atoms with van der Waals surface area (Å²) in [5.74, 6) is 0. The van der Waals surface area contributed by atoms with Gasteiger partial charge in [-0.3, -0.25) is 0 Å². The minimum Gasteiger partial charge on any atom is -0.343 e. The van der Waals surface area contributed by atoms with Gasteiger partial charge in [0.1, 0.15) is 0 Å². The summed E-state index contributed by atoms with van der Waals surface area (Å²) in [6.45, 7) is 6.12. The molecule has 0 unspecified atom stereocenters. The van der Waals surface area contributed by atoms with Gasteiger partial charge in [0.15, 0.2) is 0 Å². The predicted octanol–water partition coefficient (Wildman–Crippen LogP) is 4.74. The molecule has 0 aromatic carbocycles. The van der Waals surface area contributed by atoms with Crippen LogP contribution in [0.4, 0.5) is 0 Å². The van der Waals surface area contributed by atoms with E-state index in [-0.39, 0.29) is 17.1 Å². The maximum absolute atomic E-state index is 3.84. The fraction of sp³-hybridized carbons (Fsp3) is 0.917. The molecule has 0 amide bonds. The minimum atomic E-state index is 0. The van der Waals surface area contributed by atoms with Crippen LogP contribution in [0.25, 0.3) is 0 Å². The quantitative estimate of drug-likeness (QED) is 0.302. The van der Waals surface area contributed by atoms with Gasteiger partial charge in [0.05, 0.1) is 0 Å². The molecule has 0 atom stereocenters. The van der Waals surface area contributed by atoms with E-state index in [4.69, 9.17) is 0 Å². The van der Waals surface area contributed by atoms with Crippen molar-refractivity contribution < 1.29 is 17.1 Å². The molecule has 0 aromatic heterocycles. The third-order valence-electron chi connectivity index (χ3n) is 2.35. The first-order valence-electron chi connectivity index (χ1n) is 5.71. The van der Waals surface area contributed by atoms with E-state index in [1.54, 1.807) is 0 Å². The summed E-state index contributed by atoms with van der Waals surface area (Å²) < 4.78 is 0. The van der Waals surface area contributed by atoms with Crippen LogP contribution in [0.2, 0.25) is 0 Å². The van der Waals surface area contributed by atoms with E-state index in [1.807, 2.05) is 0 Å². The van der Waals surface area contributed by atoms with Crippen molar-refractivity contribution in [1.82, 2.24) is 0 Å². The van der Waals surface area contributed by atoms with Crippen LogP contribution in [0.1, 0.15) is 71.1 Å². The van der Waals surface area contributed by atoms with Crippen molar-refractivity contribution in [2.24, 2.45) is 0 Å². The largest absolute Gasteiger partial charge is 2.00 e. The molecule has 80 valence electrons. The summed E-state index contributed by atoms with van der Waals surface area (Å²) in [7, 11) is 0. The molecule has 13 heavy (non-hydrogen) atoms. The molecule has 0 rings (SSSR count). The Morgan fingerprint density at radius 2 is 1.08 bits per heavy atom. The Balaban J connectivity index is 0. The van der Waals surface area contributed by atoms with E-state index in [0.717, 1.165) is 6.42 Å². The molecule has 0 nitrogen and oxygen atoms in total. The second kappa shape index (κ2) is 15.0. The van der Waals surface area contributed by atoms with E-state index in [2.05, 4.69) is 13.8 Å². The smallest absolute Gasteiger partial charge is 0.343 e. The average Bonchev–Trinajstić information content (AvgIpc) is 2.10. The van der Waals surface area contributed by atoms with Crippen LogP contribution >= 0.6 is 0 Å². The molecule has 1 heteroatoms. The van der Waals surface area contributed by atoms with E-state index in [0.29, 0.717) is 0 Å². The van der Waals surface area contributed by atoms with Crippen LogP contribution < -0.4 is 0 Å². The zero-order valence-corrected chi connectivity index (χ0v) is 10.2. The number of rotatable bonds is 9. The van der Waals surface area contributed by atoms with Crippen LogP contribution in [0, 0.1) is 6.92 Å². The molecular weight excluding hydrogens is 200 g/mol. The molecule has 0 aliphatic heterocycles. The van der Waals surface area contributed by atoms with Gasteiger partial charge in [0.2, 0.25) is 0 Å². The minimum absolute atomic E-state index is 0. The van der Waals surface area contributed by atoms with E-state index < -0.39 is 0 Å². The van der Waals surface area contributed by atoms with Crippen molar-refractivity contribution >= 4 is 0 Å². The van der Waals surface area contributed by atoms with Gasteiger partial charge in [-0.1, -0.05) is 64.7 Å². The topological polar surface area (TPSA) is 0 Å². The first-order chi connectivity index (χ1) is 5.91. The maximum Gasteiger partial charge on any atom is 2.00 e. The van der Waals surface area contributed by atoms with Crippen molar-refractivity contribution in [2.75, 3.05) is 0 Å². The third kappa shape index (κ3) is 15.3. The van der Waals surface area contributed by atoms with Crippen molar-refractivity contribution in [1.29, 1.82) is 0 Å². The van der Waals surface area contributed by atoms with Gasteiger partial charge < -0.3 is 6.92 Å². The summed E-state index contributed by atoms with van der Waals surface area (Å²) in [6, 6.07) is 0. The Morgan fingerprint density at radius 3 is 1.46 bits per heavy atom. The van der Waals surface area contributed by atoms with Gasteiger partial charge >= 0.3 is 17.1 Å². The fourth-order valence-electron chi connectivity index (χ4n) is 1.49. The third-order valence-corrected chi connectivity index (χ3v) is 2.35. The Kier molecular flexibility index (Phi) is 18.4. The molecule has 0 heterocycles. The molecule has 0 saturated heterocycles. The van der Waals surface area contributed by atoms with E-state index in [9.17, 15) is 0 Å². The van der Waals surface area contributed by atoms with E-state index in [1.165, 1.54) is 57.8 Å². The molecule has 0 aromatic rings. The van der Waals surface area contributed by atoms with Crippen LogP contribution in [0.5, 0.6) is 0 Å². The van der Waals surface area contributed by atoms with Crippen LogP contribution in [0.15, 0.2) is 0 Å². The summed E-state index contributed by atoms with van der Waals surface area (Å²) >= 11 is 0. The van der Waals surface area contributed by atoms with Gasteiger partial charge in [0.25, 0.3) is 0 Å². The van der Waals surface area contributed by atoms with Crippen molar-refractivity contribution in [3.05, 3.63) is 6.92 Å². The van der Waals surface area contributed by atoms with Gasteiger partial charge in [-0.05, 0) is 0 Å².